The monoisotopic (exact) mass is 350 g/mol. The number of rotatable bonds is 5. The molecular formula is C18H27ClN4O. The van der Waals surface area contributed by atoms with Crippen LogP contribution in [0, 0.1) is 5.92 Å². The van der Waals surface area contributed by atoms with Crippen molar-refractivity contribution in [3.63, 3.8) is 0 Å². The molecule has 1 heterocycles. The normalized spacial score (nSPS) is 18.1. The molecule has 0 aromatic heterocycles. The molecular weight excluding hydrogens is 324 g/mol. The summed E-state index contributed by atoms with van der Waals surface area (Å²) in [6.45, 7) is 6.22. The lowest BCUT2D eigenvalue weighted by atomic mass is 10.1. The fourth-order valence-electron chi connectivity index (χ4n) is 2.85. The zero-order chi connectivity index (χ0) is 17.5. The van der Waals surface area contributed by atoms with Gasteiger partial charge in [-0.1, -0.05) is 37.6 Å². The second-order valence-electron chi connectivity index (χ2n) is 6.45. The standard InChI is InChI=1S/C18H27ClN4O/c1-13(2)17(24)23-10-8-16(12-23)22-18(20-3)21-9-7-14-5-4-6-15(19)11-14/h4-6,11,13,16H,7-10,12H2,1-3H3,(H2,20,21,22). The zero-order valence-electron chi connectivity index (χ0n) is 14.7. The van der Waals surface area contributed by atoms with E-state index in [1.807, 2.05) is 36.9 Å². The number of halogens is 1. The SMILES string of the molecule is CN=C(NCCc1cccc(Cl)c1)NC1CCN(C(=O)C(C)C)C1. The summed E-state index contributed by atoms with van der Waals surface area (Å²) in [5, 5.41) is 7.49. The van der Waals surface area contributed by atoms with Crippen LogP contribution in [0.4, 0.5) is 0 Å². The first-order chi connectivity index (χ1) is 11.5. The number of nitrogens with one attached hydrogen (secondary N) is 2. The van der Waals surface area contributed by atoms with E-state index in [1.54, 1.807) is 7.05 Å². The molecule has 1 fully saturated rings. The molecule has 1 atom stereocenters. The van der Waals surface area contributed by atoms with Gasteiger partial charge < -0.3 is 15.5 Å². The van der Waals surface area contributed by atoms with Gasteiger partial charge in [0, 0.05) is 43.7 Å². The van der Waals surface area contributed by atoms with Crippen LogP contribution in [0.3, 0.4) is 0 Å². The van der Waals surface area contributed by atoms with Gasteiger partial charge in [0.1, 0.15) is 0 Å². The van der Waals surface area contributed by atoms with Gasteiger partial charge in [-0.05, 0) is 30.5 Å². The summed E-state index contributed by atoms with van der Waals surface area (Å²) in [7, 11) is 1.76. The highest BCUT2D eigenvalue weighted by Crippen LogP contribution is 2.13. The van der Waals surface area contributed by atoms with Crippen molar-refractivity contribution in [2.24, 2.45) is 10.9 Å². The Balaban J connectivity index is 1.76. The van der Waals surface area contributed by atoms with Crippen LogP contribution < -0.4 is 10.6 Å². The number of benzene rings is 1. The van der Waals surface area contributed by atoms with Crippen molar-refractivity contribution in [2.45, 2.75) is 32.7 Å². The third kappa shape index (κ3) is 5.41. The lowest BCUT2D eigenvalue weighted by Crippen LogP contribution is -2.45. The number of hydrogen-bond acceptors (Lipinski definition) is 2. The lowest BCUT2D eigenvalue weighted by Gasteiger charge is -2.20. The van der Waals surface area contributed by atoms with E-state index < -0.39 is 0 Å². The van der Waals surface area contributed by atoms with Gasteiger partial charge in [0.25, 0.3) is 0 Å². The lowest BCUT2D eigenvalue weighted by molar-refractivity contribution is -0.133. The van der Waals surface area contributed by atoms with E-state index in [4.69, 9.17) is 11.6 Å². The molecule has 1 aliphatic heterocycles. The first-order valence-electron chi connectivity index (χ1n) is 8.50. The van der Waals surface area contributed by atoms with Gasteiger partial charge in [0.05, 0.1) is 0 Å². The van der Waals surface area contributed by atoms with Crippen molar-refractivity contribution in [3.8, 4) is 0 Å². The third-order valence-electron chi connectivity index (χ3n) is 4.15. The molecule has 2 N–H and O–H groups in total. The number of likely N-dealkylation sites (tertiary alicyclic amines) is 1. The van der Waals surface area contributed by atoms with E-state index in [0.29, 0.717) is 0 Å². The highest BCUT2D eigenvalue weighted by Gasteiger charge is 2.27. The summed E-state index contributed by atoms with van der Waals surface area (Å²) >= 11 is 6.00. The fraction of sp³-hybridized carbons (Fsp3) is 0.556. The Bertz CT molecular complexity index is 588. The number of carbonyl (C=O) groups is 1. The minimum Gasteiger partial charge on any atom is -0.356 e. The molecule has 1 aromatic rings. The predicted octanol–water partition coefficient (Wildman–Crippen LogP) is 2.30. The summed E-state index contributed by atoms with van der Waals surface area (Å²) in [4.78, 5) is 18.2. The molecule has 0 saturated carbocycles. The van der Waals surface area contributed by atoms with Crippen molar-refractivity contribution in [1.29, 1.82) is 0 Å². The number of amides is 1. The Kier molecular flexibility index (Phi) is 6.91. The molecule has 6 heteroatoms. The summed E-state index contributed by atoms with van der Waals surface area (Å²) in [5.41, 5.74) is 1.19. The summed E-state index contributed by atoms with van der Waals surface area (Å²) < 4.78 is 0. The second kappa shape index (κ2) is 8.92. The van der Waals surface area contributed by atoms with Gasteiger partial charge >= 0.3 is 0 Å². The Hall–Kier alpha value is -1.75. The smallest absolute Gasteiger partial charge is 0.225 e. The van der Waals surface area contributed by atoms with Gasteiger partial charge in [-0.3, -0.25) is 9.79 Å². The van der Waals surface area contributed by atoms with Crippen LogP contribution >= 0.6 is 11.6 Å². The van der Waals surface area contributed by atoms with Crippen LogP contribution in [0.25, 0.3) is 0 Å². The quantitative estimate of drug-likeness (QED) is 0.633. The first kappa shape index (κ1) is 18.6. The Morgan fingerprint density at radius 2 is 2.25 bits per heavy atom. The summed E-state index contributed by atoms with van der Waals surface area (Å²) in [6, 6.07) is 8.14. The molecule has 1 aliphatic rings. The zero-order valence-corrected chi connectivity index (χ0v) is 15.4. The van der Waals surface area contributed by atoms with Gasteiger partial charge in [-0.25, -0.2) is 0 Å². The molecule has 0 radical (unpaired) electrons. The molecule has 1 saturated heterocycles. The van der Waals surface area contributed by atoms with Gasteiger partial charge in [0.2, 0.25) is 5.91 Å². The van der Waals surface area contributed by atoms with Crippen LogP contribution in [0.1, 0.15) is 25.8 Å². The van der Waals surface area contributed by atoms with E-state index in [1.165, 1.54) is 5.56 Å². The maximum Gasteiger partial charge on any atom is 0.225 e. The van der Waals surface area contributed by atoms with E-state index in [-0.39, 0.29) is 17.9 Å². The third-order valence-corrected chi connectivity index (χ3v) is 4.39. The first-order valence-corrected chi connectivity index (χ1v) is 8.87. The van der Waals surface area contributed by atoms with Crippen molar-refractivity contribution in [2.75, 3.05) is 26.7 Å². The number of carbonyl (C=O) groups excluding carboxylic acids is 1. The molecule has 0 aliphatic carbocycles. The maximum absolute atomic E-state index is 12.0. The second-order valence-corrected chi connectivity index (χ2v) is 6.88. The minimum atomic E-state index is 0.0545. The topological polar surface area (TPSA) is 56.7 Å². The molecule has 1 amide bonds. The maximum atomic E-state index is 12.0. The molecule has 0 spiro atoms. The van der Waals surface area contributed by atoms with Crippen molar-refractivity contribution < 1.29 is 4.79 Å². The van der Waals surface area contributed by atoms with Crippen LogP contribution in [0.15, 0.2) is 29.3 Å². The van der Waals surface area contributed by atoms with Crippen LogP contribution in [0.5, 0.6) is 0 Å². The van der Waals surface area contributed by atoms with Crippen LogP contribution in [0.2, 0.25) is 5.02 Å². The highest BCUT2D eigenvalue weighted by molar-refractivity contribution is 6.30. The van der Waals surface area contributed by atoms with Crippen molar-refractivity contribution >= 4 is 23.5 Å². The number of aliphatic imine (C=N–C) groups is 1. The molecule has 1 aromatic carbocycles. The molecule has 24 heavy (non-hydrogen) atoms. The van der Waals surface area contributed by atoms with Crippen LogP contribution in [-0.2, 0) is 11.2 Å². The number of hydrogen-bond donors (Lipinski definition) is 2. The van der Waals surface area contributed by atoms with Gasteiger partial charge in [0.15, 0.2) is 5.96 Å². The Morgan fingerprint density at radius 1 is 1.46 bits per heavy atom. The molecule has 132 valence electrons. The van der Waals surface area contributed by atoms with Crippen LogP contribution in [-0.4, -0.2) is 49.5 Å². The largest absolute Gasteiger partial charge is 0.356 e. The van der Waals surface area contributed by atoms with E-state index in [0.717, 1.165) is 43.5 Å². The van der Waals surface area contributed by atoms with Crippen molar-refractivity contribution in [3.05, 3.63) is 34.9 Å². The predicted molar refractivity (Wildman–Crippen MR) is 99.5 cm³/mol. The molecule has 0 bridgehead atoms. The van der Waals surface area contributed by atoms with Crippen molar-refractivity contribution in [1.82, 2.24) is 15.5 Å². The molecule has 5 nitrogen and oxygen atoms in total. The number of guanidine groups is 1. The van der Waals surface area contributed by atoms with Gasteiger partial charge in [-0.2, -0.15) is 0 Å². The Morgan fingerprint density at radius 3 is 2.92 bits per heavy atom. The fourth-order valence-corrected chi connectivity index (χ4v) is 3.06. The summed E-state index contributed by atoms with van der Waals surface area (Å²) in [6.07, 6.45) is 1.83. The van der Waals surface area contributed by atoms with E-state index in [9.17, 15) is 4.79 Å². The molecule has 2 rings (SSSR count). The summed E-state index contributed by atoms with van der Waals surface area (Å²) in [5.74, 6) is 1.06. The Labute approximate surface area is 149 Å². The number of nitrogens with zero attached hydrogens (tertiary/aromatic N) is 2. The average Bonchev–Trinajstić information content (AvgIpc) is 3.01. The minimum absolute atomic E-state index is 0.0545. The average molecular weight is 351 g/mol. The van der Waals surface area contributed by atoms with E-state index >= 15 is 0 Å². The van der Waals surface area contributed by atoms with Gasteiger partial charge in [-0.15, -0.1) is 0 Å². The molecule has 1 unspecified atom stereocenters. The van der Waals surface area contributed by atoms with E-state index in [2.05, 4.69) is 21.7 Å². The highest BCUT2D eigenvalue weighted by atomic mass is 35.5.